The molecule has 1 aromatic heterocycles. The van der Waals surface area contributed by atoms with E-state index in [0.717, 1.165) is 0 Å². The Hall–Kier alpha value is -0.920. The van der Waals surface area contributed by atoms with E-state index in [1.165, 1.54) is 12.5 Å². The Morgan fingerprint density at radius 1 is 1.59 bits per heavy atom. The lowest BCUT2D eigenvalue weighted by Gasteiger charge is -2.28. The van der Waals surface area contributed by atoms with Crippen molar-refractivity contribution in [2.75, 3.05) is 6.54 Å². The molecule has 1 rings (SSSR count). The highest BCUT2D eigenvalue weighted by molar-refractivity contribution is 7.89. The van der Waals surface area contributed by atoms with Gasteiger partial charge in [-0.1, -0.05) is 6.92 Å². The molecule has 0 aliphatic carbocycles. The number of nitrogens with zero attached hydrogens (tertiary/aromatic N) is 2. The molecule has 7 heteroatoms. The van der Waals surface area contributed by atoms with Gasteiger partial charge in [-0.15, -0.1) is 0 Å². The fourth-order valence-electron chi connectivity index (χ4n) is 1.52. The number of imidazole rings is 1. The zero-order valence-electron chi connectivity index (χ0n) is 10.5. The first-order valence-corrected chi connectivity index (χ1v) is 7.03. The zero-order chi connectivity index (χ0) is 13.1. The third-order valence-corrected chi connectivity index (χ3v) is 4.34. The standard InChI is InChI=1S/C10H20N4O2S/c1-4-10(2,5-6-11)13-17(15,16)9-7-14(3)8-12-9/h7-8,13H,4-6,11H2,1-3H3. The molecule has 1 unspecified atom stereocenters. The molecule has 1 aromatic rings. The summed E-state index contributed by atoms with van der Waals surface area (Å²) in [7, 11) is -1.84. The number of rotatable bonds is 6. The number of hydrogen-bond acceptors (Lipinski definition) is 4. The highest BCUT2D eigenvalue weighted by Gasteiger charge is 2.29. The Kier molecular flexibility index (Phi) is 4.29. The van der Waals surface area contributed by atoms with Gasteiger partial charge in [0.2, 0.25) is 0 Å². The van der Waals surface area contributed by atoms with Gasteiger partial charge in [-0.05, 0) is 26.3 Å². The van der Waals surface area contributed by atoms with Gasteiger partial charge in [-0.3, -0.25) is 0 Å². The molecule has 0 amide bonds. The predicted molar refractivity (Wildman–Crippen MR) is 65.9 cm³/mol. The minimum atomic E-state index is -3.57. The van der Waals surface area contributed by atoms with Gasteiger partial charge in [-0.2, -0.15) is 0 Å². The van der Waals surface area contributed by atoms with Crippen LogP contribution in [0, 0.1) is 0 Å². The molecule has 0 spiro atoms. The monoisotopic (exact) mass is 260 g/mol. The van der Waals surface area contributed by atoms with Gasteiger partial charge in [0.25, 0.3) is 10.0 Å². The molecule has 0 radical (unpaired) electrons. The van der Waals surface area contributed by atoms with E-state index in [1.54, 1.807) is 11.6 Å². The van der Waals surface area contributed by atoms with Crippen molar-refractivity contribution < 1.29 is 8.42 Å². The van der Waals surface area contributed by atoms with Crippen LogP contribution in [0.2, 0.25) is 0 Å². The minimum absolute atomic E-state index is 0.0386. The maximum atomic E-state index is 12.1. The van der Waals surface area contributed by atoms with E-state index < -0.39 is 15.6 Å². The molecule has 3 N–H and O–H groups in total. The summed E-state index contributed by atoms with van der Waals surface area (Å²) < 4.78 is 28.4. The average Bonchev–Trinajstić information content (AvgIpc) is 2.65. The maximum Gasteiger partial charge on any atom is 0.260 e. The molecule has 0 aliphatic heterocycles. The fourth-order valence-corrected chi connectivity index (χ4v) is 3.01. The normalized spacial score (nSPS) is 15.8. The van der Waals surface area contributed by atoms with Crippen molar-refractivity contribution in [2.24, 2.45) is 12.8 Å². The molecule has 0 fully saturated rings. The number of nitrogens with two attached hydrogens (primary N) is 1. The molecular formula is C10H20N4O2S. The topological polar surface area (TPSA) is 90.0 Å². The van der Waals surface area contributed by atoms with Crippen molar-refractivity contribution in [1.82, 2.24) is 14.3 Å². The highest BCUT2D eigenvalue weighted by atomic mass is 32.2. The summed E-state index contributed by atoms with van der Waals surface area (Å²) in [5.74, 6) is 0. The van der Waals surface area contributed by atoms with E-state index in [1.807, 2.05) is 13.8 Å². The summed E-state index contributed by atoms with van der Waals surface area (Å²) in [6.45, 7) is 4.21. The van der Waals surface area contributed by atoms with Crippen LogP contribution >= 0.6 is 0 Å². The third-order valence-electron chi connectivity index (χ3n) is 2.81. The second-order valence-electron chi connectivity index (χ2n) is 4.44. The van der Waals surface area contributed by atoms with E-state index in [4.69, 9.17) is 5.73 Å². The Labute approximate surface area is 102 Å². The second kappa shape index (κ2) is 5.16. The summed E-state index contributed by atoms with van der Waals surface area (Å²) >= 11 is 0. The number of aryl methyl sites for hydroxylation is 1. The van der Waals surface area contributed by atoms with Crippen LogP contribution in [0.15, 0.2) is 17.6 Å². The molecule has 0 saturated carbocycles. The van der Waals surface area contributed by atoms with Crippen LogP contribution in [0.1, 0.15) is 26.7 Å². The zero-order valence-corrected chi connectivity index (χ0v) is 11.3. The van der Waals surface area contributed by atoms with Gasteiger partial charge in [0.15, 0.2) is 5.03 Å². The summed E-state index contributed by atoms with van der Waals surface area (Å²) in [5, 5.41) is 0.0386. The van der Waals surface area contributed by atoms with Crippen LogP contribution < -0.4 is 10.5 Å². The molecular weight excluding hydrogens is 240 g/mol. The minimum Gasteiger partial charge on any atom is -0.339 e. The van der Waals surface area contributed by atoms with Crippen molar-refractivity contribution in [3.63, 3.8) is 0 Å². The molecule has 17 heavy (non-hydrogen) atoms. The molecule has 1 atom stereocenters. The van der Waals surface area contributed by atoms with Gasteiger partial charge in [0.1, 0.15) is 0 Å². The first kappa shape index (κ1) is 14.1. The molecule has 6 nitrogen and oxygen atoms in total. The number of hydrogen-bond donors (Lipinski definition) is 2. The van der Waals surface area contributed by atoms with Gasteiger partial charge < -0.3 is 10.3 Å². The van der Waals surface area contributed by atoms with Crippen LogP contribution in [0.3, 0.4) is 0 Å². The van der Waals surface area contributed by atoms with Crippen molar-refractivity contribution in [3.8, 4) is 0 Å². The summed E-state index contributed by atoms with van der Waals surface area (Å²) in [6, 6.07) is 0. The third kappa shape index (κ3) is 3.52. The van der Waals surface area contributed by atoms with E-state index in [-0.39, 0.29) is 5.03 Å². The largest absolute Gasteiger partial charge is 0.339 e. The number of nitrogens with one attached hydrogen (secondary N) is 1. The summed E-state index contributed by atoms with van der Waals surface area (Å²) in [4.78, 5) is 3.85. The molecule has 0 aromatic carbocycles. The van der Waals surface area contributed by atoms with E-state index in [2.05, 4.69) is 9.71 Å². The van der Waals surface area contributed by atoms with Crippen LogP contribution in [0.4, 0.5) is 0 Å². The fraction of sp³-hybridized carbons (Fsp3) is 0.700. The van der Waals surface area contributed by atoms with Crippen LogP contribution in [0.5, 0.6) is 0 Å². The SMILES string of the molecule is CCC(C)(CCN)NS(=O)(=O)c1cn(C)cn1. The predicted octanol–water partition coefficient (Wildman–Crippen LogP) is 0.216. The Bertz CT molecular complexity index is 468. The van der Waals surface area contributed by atoms with Crippen LogP contribution in [-0.4, -0.2) is 30.1 Å². The van der Waals surface area contributed by atoms with E-state index in [0.29, 0.717) is 19.4 Å². The quantitative estimate of drug-likeness (QED) is 0.765. The van der Waals surface area contributed by atoms with Crippen molar-refractivity contribution >= 4 is 10.0 Å². The lowest BCUT2D eigenvalue weighted by Crippen LogP contribution is -2.46. The van der Waals surface area contributed by atoms with E-state index >= 15 is 0 Å². The van der Waals surface area contributed by atoms with Crippen LogP contribution in [-0.2, 0) is 17.1 Å². The Morgan fingerprint density at radius 2 is 2.24 bits per heavy atom. The van der Waals surface area contributed by atoms with Crippen LogP contribution in [0.25, 0.3) is 0 Å². The summed E-state index contributed by atoms with van der Waals surface area (Å²) in [6.07, 6.45) is 4.20. The highest BCUT2D eigenvalue weighted by Crippen LogP contribution is 2.17. The van der Waals surface area contributed by atoms with Gasteiger partial charge in [-0.25, -0.2) is 18.1 Å². The summed E-state index contributed by atoms with van der Waals surface area (Å²) in [5.41, 5.74) is 4.97. The second-order valence-corrected chi connectivity index (χ2v) is 6.07. The Morgan fingerprint density at radius 3 is 2.65 bits per heavy atom. The molecule has 1 heterocycles. The molecule has 0 saturated heterocycles. The van der Waals surface area contributed by atoms with Gasteiger partial charge >= 0.3 is 0 Å². The van der Waals surface area contributed by atoms with Gasteiger partial charge in [0, 0.05) is 18.8 Å². The maximum absolute atomic E-state index is 12.1. The molecule has 98 valence electrons. The number of aromatic nitrogens is 2. The van der Waals surface area contributed by atoms with Crippen molar-refractivity contribution in [2.45, 2.75) is 37.3 Å². The smallest absolute Gasteiger partial charge is 0.260 e. The van der Waals surface area contributed by atoms with Gasteiger partial charge in [0.05, 0.1) is 6.33 Å². The number of sulfonamides is 1. The average molecular weight is 260 g/mol. The first-order chi connectivity index (χ1) is 7.83. The molecule has 0 aliphatic rings. The molecule has 0 bridgehead atoms. The van der Waals surface area contributed by atoms with Crippen molar-refractivity contribution in [3.05, 3.63) is 12.5 Å². The lowest BCUT2D eigenvalue weighted by molar-refractivity contribution is 0.378. The lowest BCUT2D eigenvalue weighted by atomic mass is 9.96. The van der Waals surface area contributed by atoms with E-state index in [9.17, 15) is 8.42 Å². The first-order valence-electron chi connectivity index (χ1n) is 5.55. The van der Waals surface area contributed by atoms with Crippen molar-refractivity contribution in [1.29, 1.82) is 0 Å². The Balaban J connectivity index is 2.93.